The summed E-state index contributed by atoms with van der Waals surface area (Å²) in [5, 5.41) is 0. The van der Waals surface area contributed by atoms with E-state index < -0.39 is 0 Å². The van der Waals surface area contributed by atoms with Crippen molar-refractivity contribution in [3.05, 3.63) is 12.3 Å². The number of hydrogen-bond donors (Lipinski definition) is 1. The molecule has 7 heavy (non-hydrogen) atoms. The van der Waals surface area contributed by atoms with E-state index in [2.05, 4.69) is 4.99 Å². The first-order valence-corrected chi connectivity index (χ1v) is 2.30. The number of rotatable bonds is 2. The number of aliphatic imine (C=N–C) groups is 1. The monoisotopic (exact) mass is 98.1 g/mol. The zero-order chi connectivity index (χ0) is 5.54. The molecule has 0 atom stereocenters. The molecule has 0 amide bonds. The molecule has 0 fully saturated rings. The summed E-state index contributed by atoms with van der Waals surface area (Å²) in [4.78, 5) is 3.63. The largest absolute Gasteiger partial charge is 0.390 e. The first-order valence-electron chi connectivity index (χ1n) is 2.30. The summed E-state index contributed by atoms with van der Waals surface area (Å²) >= 11 is 0. The highest BCUT2D eigenvalue weighted by Gasteiger charge is 1.58. The van der Waals surface area contributed by atoms with Crippen molar-refractivity contribution in [3.8, 4) is 0 Å². The van der Waals surface area contributed by atoms with E-state index in [9.17, 15) is 0 Å². The number of allylic oxidation sites excluding steroid dienone is 1. The SMILES string of the molecule is CCC=CN=CN. The van der Waals surface area contributed by atoms with Crippen LogP contribution < -0.4 is 5.73 Å². The van der Waals surface area contributed by atoms with Crippen molar-refractivity contribution in [2.75, 3.05) is 0 Å². The van der Waals surface area contributed by atoms with E-state index in [1.165, 1.54) is 6.34 Å². The highest BCUT2D eigenvalue weighted by atomic mass is 14.8. The Bertz CT molecular complexity index is 74.1. The minimum atomic E-state index is 1.01. The summed E-state index contributed by atoms with van der Waals surface area (Å²) in [6.45, 7) is 2.04. The molecular formula is C5H10N2. The second-order valence-corrected chi connectivity index (χ2v) is 1.09. The van der Waals surface area contributed by atoms with Gasteiger partial charge < -0.3 is 5.73 Å². The lowest BCUT2D eigenvalue weighted by atomic mass is 10.5. The maximum Gasteiger partial charge on any atom is 0.0852 e. The highest BCUT2D eigenvalue weighted by molar-refractivity contribution is 5.52. The van der Waals surface area contributed by atoms with Gasteiger partial charge in [0.25, 0.3) is 0 Å². The van der Waals surface area contributed by atoms with Crippen molar-refractivity contribution < 1.29 is 0 Å². The van der Waals surface area contributed by atoms with Gasteiger partial charge in [-0.2, -0.15) is 0 Å². The molecule has 0 rings (SSSR count). The normalized spacial score (nSPS) is 11.6. The lowest BCUT2D eigenvalue weighted by Crippen LogP contribution is -1.84. The summed E-state index contributed by atoms with van der Waals surface area (Å²) in [6.07, 6.45) is 5.90. The quantitative estimate of drug-likeness (QED) is 0.404. The molecule has 0 spiro atoms. The molecule has 0 unspecified atom stereocenters. The molecule has 0 aromatic heterocycles. The second kappa shape index (κ2) is 5.21. The summed E-state index contributed by atoms with van der Waals surface area (Å²) in [6, 6.07) is 0. The van der Waals surface area contributed by atoms with Crippen molar-refractivity contribution in [2.24, 2.45) is 10.7 Å². The molecule has 0 heterocycles. The van der Waals surface area contributed by atoms with Gasteiger partial charge in [-0.1, -0.05) is 13.0 Å². The van der Waals surface area contributed by atoms with Gasteiger partial charge in [0, 0.05) is 6.20 Å². The molecule has 2 heteroatoms. The summed E-state index contributed by atoms with van der Waals surface area (Å²) in [5.74, 6) is 0. The van der Waals surface area contributed by atoms with Crippen molar-refractivity contribution in [2.45, 2.75) is 13.3 Å². The molecule has 0 saturated carbocycles. The number of nitrogens with two attached hydrogens (primary N) is 1. The van der Waals surface area contributed by atoms with E-state index in [-0.39, 0.29) is 0 Å². The Balaban J connectivity index is 3.09. The standard InChI is InChI=1S/C5H10N2/c1-2-3-4-7-5-6/h3-5H,2H2,1H3,(H2,6,7). The Morgan fingerprint density at radius 3 is 2.86 bits per heavy atom. The van der Waals surface area contributed by atoms with Crippen LogP contribution in [-0.2, 0) is 0 Å². The smallest absolute Gasteiger partial charge is 0.0852 e. The van der Waals surface area contributed by atoms with Gasteiger partial charge in [-0.05, 0) is 6.42 Å². The zero-order valence-electron chi connectivity index (χ0n) is 4.46. The molecule has 2 N–H and O–H groups in total. The van der Waals surface area contributed by atoms with Crippen molar-refractivity contribution in [1.29, 1.82) is 0 Å². The van der Waals surface area contributed by atoms with Crippen molar-refractivity contribution in [1.82, 2.24) is 0 Å². The van der Waals surface area contributed by atoms with E-state index in [1.807, 2.05) is 13.0 Å². The maximum atomic E-state index is 4.93. The third-order valence-electron chi connectivity index (χ3n) is 0.513. The average molecular weight is 98.1 g/mol. The van der Waals surface area contributed by atoms with Gasteiger partial charge in [0.1, 0.15) is 0 Å². The molecule has 0 aromatic carbocycles. The fourth-order valence-corrected chi connectivity index (χ4v) is 0.216. The van der Waals surface area contributed by atoms with E-state index in [0.29, 0.717) is 0 Å². The Labute approximate surface area is 43.7 Å². The van der Waals surface area contributed by atoms with Gasteiger partial charge >= 0.3 is 0 Å². The highest BCUT2D eigenvalue weighted by Crippen LogP contribution is 1.76. The predicted molar refractivity (Wildman–Crippen MR) is 32.1 cm³/mol. The van der Waals surface area contributed by atoms with Crippen LogP contribution in [0.1, 0.15) is 13.3 Å². The van der Waals surface area contributed by atoms with Gasteiger partial charge in [-0.15, -0.1) is 0 Å². The molecule has 2 nitrogen and oxygen atoms in total. The van der Waals surface area contributed by atoms with E-state index >= 15 is 0 Å². The number of nitrogens with zero attached hydrogens (tertiary/aromatic N) is 1. The van der Waals surface area contributed by atoms with Crippen LogP contribution in [-0.4, -0.2) is 6.34 Å². The van der Waals surface area contributed by atoms with Gasteiger partial charge in [0.2, 0.25) is 0 Å². The topological polar surface area (TPSA) is 38.4 Å². The van der Waals surface area contributed by atoms with Crippen LogP contribution in [0.15, 0.2) is 17.3 Å². The predicted octanol–water partition coefficient (Wildman–Crippen LogP) is 0.897. The molecule has 40 valence electrons. The maximum absolute atomic E-state index is 4.93. The third-order valence-corrected chi connectivity index (χ3v) is 0.513. The lowest BCUT2D eigenvalue weighted by molar-refractivity contribution is 1.21. The van der Waals surface area contributed by atoms with E-state index in [0.717, 1.165) is 6.42 Å². The minimum Gasteiger partial charge on any atom is -0.390 e. The Morgan fingerprint density at radius 2 is 2.43 bits per heavy atom. The van der Waals surface area contributed by atoms with E-state index in [1.54, 1.807) is 6.20 Å². The summed E-state index contributed by atoms with van der Waals surface area (Å²) in [7, 11) is 0. The zero-order valence-corrected chi connectivity index (χ0v) is 4.46. The molecule has 0 bridgehead atoms. The lowest BCUT2D eigenvalue weighted by Gasteiger charge is -1.71. The van der Waals surface area contributed by atoms with Crippen LogP contribution in [0.5, 0.6) is 0 Å². The minimum absolute atomic E-state index is 1.01. The van der Waals surface area contributed by atoms with Gasteiger partial charge in [-0.25, -0.2) is 4.99 Å². The third kappa shape index (κ3) is 5.21. The fourth-order valence-electron chi connectivity index (χ4n) is 0.216. The molecule has 0 saturated heterocycles. The number of hydrogen-bond acceptors (Lipinski definition) is 1. The Morgan fingerprint density at radius 1 is 1.71 bits per heavy atom. The fraction of sp³-hybridized carbons (Fsp3) is 0.400. The molecular weight excluding hydrogens is 88.1 g/mol. The average Bonchev–Trinajstić information content (AvgIpc) is 1.69. The molecule has 0 aliphatic carbocycles. The van der Waals surface area contributed by atoms with Crippen molar-refractivity contribution >= 4 is 6.34 Å². The molecule has 0 aliphatic rings. The van der Waals surface area contributed by atoms with Crippen LogP contribution in [0, 0.1) is 0 Å². The van der Waals surface area contributed by atoms with Crippen LogP contribution in [0.25, 0.3) is 0 Å². The van der Waals surface area contributed by atoms with Gasteiger partial charge in [-0.3, -0.25) is 0 Å². The first-order chi connectivity index (χ1) is 3.41. The van der Waals surface area contributed by atoms with Crippen LogP contribution >= 0.6 is 0 Å². The van der Waals surface area contributed by atoms with E-state index in [4.69, 9.17) is 5.73 Å². The van der Waals surface area contributed by atoms with Crippen molar-refractivity contribution in [3.63, 3.8) is 0 Å². The van der Waals surface area contributed by atoms with Gasteiger partial charge in [0.15, 0.2) is 0 Å². The van der Waals surface area contributed by atoms with Crippen LogP contribution in [0.3, 0.4) is 0 Å². The molecule has 0 aliphatic heterocycles. The molecule has 0 radical (unpaired) electrons. The molecule has 0 aromatic rings. The summed E-state index contributed by atoms with van der Waals surface area (Å²) < 4.78 is 0. The van der Waals surface area contributed by atoms with Crippen LogP contribution in [0.4, 0.5) is 0 Å². The Kier molecular flexibility index (Phi) is 4.62. The Hall–Kier alpha value is -0.790. The van der Waals surface area contributed by atoms with Crippen LogP contribution in [0.2, 0.25) is 0 Å². The second-order valence-electron chi connectivity index (χ2n) is 1.09. The first kappa shape index (κ1) is 6.21. The van der Waals surface area contributed by atoms with Gasteiger partial charge in [0.05, 0.1) is 6.34 Å². The summed E-state index contributed by atoms with van der Waals surface area (Å²) in [5.41, 5.74) is 4.93.